The smallest absolute Gasteiger partial charge is 0.244 e. The van der Waals surface area contributed by atoms with Gasteiger partial charge in [-0.2, -0.15) is 0 Å². The Kier molecular flexibility index (Phi) is 4.32. The van der Waals surface area contributed by atoms with Crippen molar-refractivity contribution in [3.05, 3.63) is 16.5 Å². The summed E-state index contributed by atoms with van der Waals surface area (Å²) in [4.78, 5) is 0.123. The molecule has 0 aliphatic carbocycles. The molecule has 0 spiro atoms. The zero-order valence-electron chi connectivity index (χ0n) is 8.50. The first kappa shape index (κ1) is 12.7. The summed E-state index contributed by atoms with van der Waals surface area (Å²) in [7, 11) is -2.09. The fourth-order valence-electron chi connectivity index (χ4n) is 1.03. The normalized spacial score (nSPS) is 11.9. The van der Waals surface area contributed by atoms with Crippen molar-refractivity contribution in [3.8, 4) is 0 Å². The molecule has 7 heteroatoms. The monoisotopic (exact) mass is 296 g/mol. The van der Waals surface area contributed by atoms with E-state index in [1.165, 1.54) is 13.1 Å². The first-order valence-electron chi connectivity index (χ1n) is 4.43. The Morgan fingerprint density at radius 1 is 1.53 bits per heavy atom. The molecule has 0 bridgehead atoms. The maximum absolute atomic E-state index is 11.5. The largest absolute Gasteiger partial charge is 0.452 e. The predicted octanol–water partition coefficient (Wildman–Crippen LogP) is 1.06. The maximum Gasteiger partial charge on any atom is 0.244 e. The van der Waals surface area contributed by atoms with Crippen LogP contribution in [0.3, 0.4) is 0 Å². The number of hydrogen-bond acceptors (Lipinski definition) is 4. The van der Waals surface area contributed by atoms with Crippen LogP contribution in [0.25, 0.3) is 0 Å². The second-order valence-corrected chi connectivity index (χ2v) is 5.41. The van der Waals surface area contributed by atoms with Crippen LogP contribution in [-0.2, 0) is 16.6 Å². The Labute approximate surface area is 97.4 Å². The minimum Gasteiger partial charge on any atom is -0.452 e. The third-order valence-corrected chi connectivity index (χ3v) is 4.09. The van der Waals surface area contributed by atoms with Crippen LogP contribution >= 0.6 is 15.9 Å². The third-order valence-electron chi connectivity index (χ3n) is 1.81. The molecular formula is C8H13BrN2O3S. The molecule has 2 N–H and O–H groups in total. The van der Waals surface area contributed by atoms with E-state index in [0.29, 0.717) is 12.3 Å². The van der Waals surface area contributed by atoms with Crippen LogP contribution in [0.4, 0.5) is 0 Å². The molecule has 0 radical (unpaired) electrons. The first-order valence-corrected chi connectivity index (χ1v) is 6.71. The highest BCUT2D eigenvalue weighted by Gasteiger charge is 2.20. The molecule has 0 saturated carbocycles. The van der Waals surface area contributed by atoms with Crippen molar-refractivity contribution in [2.24, 2.45) is 0 Å². The zero-order chi connectivity index (χ0) is 11.5. The van der Waals surface area contributed by atoms with Crippen LogP contribution in [0.1, 0.15) is 12.7 Å². The molecule has 1 heterocycles. The molecular weight excluding hydrogens is 284 g/mol. The van der Waals surface area contributed by atoms with Gasteiger partial charge in [-0.15, -0.1) is 0 Å². The van der Waals surface area contributed by atoms with Crippen LogP contribution in [0.5, 0.6) is 0 Å². The number of furan rings is 1. The highest BCUT2D eigenvalue weighted by atomic mass is 79.9. The van der Waals surface area contributed by atoms with Gasteiger partial charge < -0.3 is 9.73 Å². The number of rotatable bonds is 5. The van der Waals surface area contributed by atoms with Crippen molar-refractivity contribution in [3.63, 3.8) is 0 Å². The first-order chi connectivity index (χ1) is 7.01. The fraction of sp³-hybridized carbons (Fsp3) is 0.500. The number of halogens is 1. The number of sulfonamides is 1. The van der Waals surface area contributed by atoms with Gasteiger partial charge in [0.1, 0.15) is 10.7 Å². The van der Waals surface area contributed by atoms with Crippen molar-refractivity contribution in [2.75, 3.05) is 13.6 Å². The molecule has 0 aliphatic heterocycles. The summed E-state index contributed by atoms with van der Waals surface area (Å²) in [6.45, 7) is 3.27. The van der Waals surface area contributed by atoms with Crippen molar-refractivity contribution < 1.29 is 12.8 Å². The second kappa shape index (κ2) is 5.11. The number of hydrogen-bond donors (Lipinski definition) is 2. The van der Waals surface area contributed by atoms with Gasteiger partial charge in [0.25, 0.3) is 0 Å². The van der Waals surface area contributed by atoms with Crippen LogP contribution in [-0.4, -0.2) is 22.0 Å². The molecule has 1 aromatic rings. The van der Waals surface area contributed by atoms with Gasteiger partial charge in [0, 0.05) is 6.07 Å². The second-order valence-electron chi connectivity index (χ2n) is 2.84. The molecule has 0 aromatic carbocycles. The van der Waals surface area contributed by atoms with E-state index in [4.69, 9.17) is 4.42 Å². The lowest BCUT2D eigenvalue weighted by atomic mass is 10.4. The summed E-state index contributed by atoms with van der Waals surface area (Å²) in [5.74, 6) is 0.581. The zero-order valence-corrected chi connectivity index (χ0v) is 10.9. The average Bonchev–Trinajstić information content (AvgIpc) is 2.57. The molecule has 5 nitrogen and oxygen atoms in total. The molecule has 0 atom stereocenters. The highest BCUT2D eigenvalue weighted by Crippen LogP contribution is 2.25. The molecule has 15 heavy (non-hydrogen) atoms. The minimum absolute atomic E-state index is 0.123. The summed E-state index contributed by atoms with van der Waals surface area (Å²) in [5, 5.41) is 3.04. The van der Waals surface area contributed by atoms with Gasteiger partial charge in [-0.3, -0.25) is 0 Å². The molecule has 86 valence electrons. The van der Waals surface area contributed by atoms with Crippen molar-refractivity contribution in [2.45, 2.75) is 18.4 Å². The molecule has 1 aromatic heterocycles. The van der Waals surface area contributed by atoms with Crippen LogP contribution in [0.15, 0.2) is 20.0 Å². The van der Waals surface area contributed by atoms with E-state index in [9.17, 15) is 8.42 Å². The van der Waals surface area contributed by atoms with E-state index in [0.717, 1.165) is 6.54 Å². The summed E-state index contributed by atoms with van der Waals surface area (Å²) >= 11 is 3.07. The highest BCUT2D eigenvalue weighted by molar-refractivity contribution is 9.10. The van der Waals surface area contributed by atoms with E-state index >= 15 is 0 Å². The summed E-state index contributed by atoms with van der Waals surface area (Å²) < 4.78 is 30.7. The molecule has 0 saturated heterocycles. The lowest BCUT2D eigenvalue weighted by Crippen LogP contribution is -2.18. The summed E-state index contributed by atoms with van der Waals surface area (Å²) in [5.41, 5.74) is 0. The van der Waals surface area contributed by atoms with E-state index < -0.39 is 10.0 Å². The average molecular weight is 297 g/mol. The lowest BCUT2D eigenvalue weighted by Gasteiger charge is -1.96. The summed E-state index contributed by atoms with van der Waals surface area (Å²) in [6, 6.07) is 1.50. The van der Waals surface area contributed by atoms with Gasteiger partial charge in [0.05, 0.1) is 6.54 Å². The van der Waals surface area contributed by atoms with Gasteiger partial charge >= 0.3 is 0 Å². The third kappa shape index (κ3) is 3.04. The molecule has 0 amide bonds. The van der Waals surface area contributed by atoms with E-state index in [1.54, 1.807) is 0 Å². The molecule has 0 unspecified atom stereocenters. The van der Waals surface area contributed by atoms with Gasteiger partial charge in [-0.1, -0.05) is 6.92 Å². The standard InChI is InChI=1S/C8H13BrN2O3S/c1-3-11-5-6-4-7(8(9)14-6)15(12,13)10-2/h4,10-11H,3,5H2,1-2H3. The maximum atomic E-state index is 11.5. The van der Waals surface area contributed by atoms with Crippen molar-refractivity contribution in [1.82, 2.24) is 10.0 Å². The van der Waals surface area contributed by atoms with Crippen LogP contribution < -0.4 is 10.0 Å². The van der Waals surface area contributed by atoms with Crippen molar-refractivity contribution >= 4 is 26.0 Å². The summed E-state index contributed by atoms with van der Waals surface area (Å²) in [6.07, 6.45) is 0. The Bertz CT molecular complexity index is 427. The quantitative estimate of drug-likeness (QED) is 0.852. The molecule has 0 fully saturated rings. The van der Waals surface area contributed by atoms with Crippen molar-refractivity contribution in [1.29, 1.82) is 0 Å². The lowest BCUT2D eigenvalue weighted by molar-refractivity contribution is 0.464. The van der Waals surface area contributed by atoms with Gasteiger partial charge in [0.15, 0.2) is 4.67 Å². The van der Waals surface area contributed by atoms with Gasteiger partial charge in [-0.05, 0) is 29.5 Å². The molecule has 1 rings (SSSR count). The minimum atomic E-state index is -3.45. The fourth-order valence-corrected chi connectivity index (χ4v) is 2.75. The van der Waals surface area contributed by atoms with E-state index in [-0.39, 0.29) is 9.56 Å². The molecule has 0 aliphatic rings. The SMILES string of the molecule is CCNCc1cc(S(=O)(=O)NC)c(Br)o1. The van der Waals surface area contributed by atoms with Crippen LogP contribution in [0, 0.1) is 0 Å². The van der Waals surface area contributed by atoms with E-state index in [1.807, 2.05) is 6.92 Å². The Morgan fingerprint density at radius 2 is 2.20 bits per heavy atom. The topological polar surface area (TPSA) is 71.3 Å². The Hall–Kier alpha value is -0.370. The van der Waals surface area contributed by atoms with E-state index in [2.05, 4.69) is 26.0 Å². The Morgan fingerprint density at radius 3 is 2.73 bits per heavy atom. The Balaban J connectivity index is 2.97. The van der Waals surface area contributed by atoms with Gasteiger partial charge in [0.2, 0.25) is 10.0 Å². The number of nitrogens with one attached hydrogen (secondary N) is 2. The predicted molar refractivity (Wildman–Crippen MR) is 60.0 cm³/mol. The van der Waals surface area contributed by atoms with Crippen LogP contribution in [0.2, 0.25) is 0 Å². The van der Waals surface area contributed by atoms with Gasteiger partial charge in [-0.25, -0.2) is 13.1 Å².